The molecule has 0 aliphatic heterocycles. The minimum absolute atomic E-state index is 0.0930. The van der Waals surface area contributed by atoms with Crippen LogP contribution in [0.3, 0.4) is 0 Å². The van der Waals surface area contributed by atoms with Crippen LogP contribution < -0.4 is 0 Å². The highest BCUT2D eigenvalue weighted by molar-refractivity contribution is 5.68. The Hall–Kier alpha value is -1.31. The second kappa shape index (κ2) is 4.75. The van der Waals surface area contributed by atoms with Crippen molar-refractivity contribution in [2.24, 2.45) is 5.41 Å². The summed E-state index contributed by atoms with van der Waals surface area (Å²) in [6.07, 6.45) is 2.63. The molecule has 0 bridgehead atoms. The predicted molar refractivity (Wildman–Crippen MR) is 72.4 cm³/mol. The third-order valence-corrected chi connectivity index (χ3v) is 3.97. The van der Waals surface area contributed by atoms with E-state index >= 15 is 0 Å². The number of hydrogen-bond acceptors (Lipinski definition) is 2. The van der Waals surface area contributed by atoms with Gasteiger partial charge >= 0.3 is 5.97 Å². The van der Waals surface area contributed by atoms with Crippen molar-refractivity contribution < 1.29 is 9.53 Å². The largest absolute Gasteiger partial charge is 0.465 e. The minimum atomic E-state index is -0.0930. The summed E-state index contributed by atoms with van der Waals surface area (Å²) >= 11 is 0. The summed E-state index contributed by atoms with van der Waals surface area (Å²) in [5.41, 5.74) is 1.79. The van der Waals surface area contributed by atoms with Crippen LogP contribution in [-0.2, 0) is 14.9 Å². The van der Waals surface area contributed by atoms with Gasteiger partial charge in [0.1, 0.15) is 0 Å². The Morgan fingerprint density at radius 1 is 1.22 bits per heavy atom. The molecule has 2 nitrogen and oxygen atoms in total. The first-order chi connectivity index (χ1) is 8.47. The molecule has 2 rings (SSSR count). The Balaban J connectivity index is 1.94. The van der Waals surface area contributed by atoms with Gasteiger partial charge in [0.15, 0.2) is 0 Å². The van der Waals surface area contributed by atoms with E-state index < -0.39 is 0 Å². The molecule has 0 amide bonds. The molecule has 0 aromatic heterocycles. The SMILES string of the molecule is CCC(=O)OCC1(C)CC(C)(c2ccccc2)C1. The Morgan fingerprint density at radius 3 is 2.39 bits per heavy atom. The first kappa shape index (κ1) is 13.1. The zero-order valence-corrected chi connectivity index (χ0v) is 11.5. The van der Waals surface area contributed by atoms with Gasteiger partial charge in [-0.3, -0.25) is 4.79 Å². The number of benzene rings is 1. The van der Waals surface area contributed by atoms with Crippen molar-refractivity contribution in [3.05, 3.63) is 35.9 Å². The molecule has 0 heterocycles. The maximum absolute atomic E-state index is 11.2. The van der Waals surface area contributed by atoms with Crippen LogP contribution in [-0.4, -0.2) is 12.6 Å². The number of ether oxygens (including phenoxy) is 1. The minimum Gasteiger partial charge on any atom is -0.465 e. The van der Waals surface area contributed by atoms with Crippen LogP contribution in [0, 0.1) is 5.41 Å². The van der Waals surface area contributed by atoms with Crippen LogP contribution in [0.4, 0.5) is 0 Å². The Bertz CT molecular complexity index is 416. The van der Waals surface area contributed by atoms with E-state index in [4.69, 9.17) is 4.74 Å². The highest BCUT2D eigenvalue weighted by Crippen LogP contribution is 2.55. The van der Waals surface area contributed by atoms with E-state index in [1.54, 1.807) is 0 Å². The average Bonchev–Trinajstić information content (AvgIpc) is 2.35. The van der Waals surface area contributed by atoms with Crippen LogP contribution in [0.1, 0.15) is 45.6 Å². The van der Waals surface area contributed by atoms with Crippen molar-refractivity contribution >= 4 is 5.97 Å². The molecule has 18 heavy (non-hydrogen) atoms. The Labute approximate surface area is 109 Å². The number of hydrogen-bond donors (Lipinski definition) is 0. The summed E-state index contributed by atoms with van der Waals surface area (Å²) in [6, 6.07) is 10.6. The lowest BCUT2D eigenvalue weighted by Gasteiger charge is -2.53. The topological polar surface area (TPSA) is 26.3 Å². The summed E-state index contributed by atoms with van der Waals surface area (Å²) < 4.78 is 5.29. The molecule has 0 spiro atoms. The third-order valence-electron chi connectivity index (χ3n) is 3.97. The highest BCUT2D eigenvalue weighted by atomic mass is 16.5. The lowest BCUT2D eigenvalue weighted by Crippen LogP contribution is -2.48. The first-order valence-corrected chi connectivity index (χ1v) is 6.69. The zero-order chi connectivity index (χ0) is 13.2. The molecular weight excluding hydrogens is 224 g/mol. The van der Waals surface area contributed by atoms with Gasteiger partial charge in [-0.1, -0.05) is 51.1 Å². The third kappa shape index (κ3) is 2.58. The molecule has 2 heteroatoms. The fourth-order valence-corrected chi connectivity index (χ4v) is 3.34. The maximum Gasteiger partial charge on any atom is 0.305 e. The molecule has 1 aliphatic rings. The first-order valence-electron chi connectivity index (χ1n) is 6.69. The van der Waals surface area contributed by atoms with Gasteiger partial charge in [0, 0.05) is 11.8 Å². The molecule has 0 unspecified atom stereocenters. The van der Waals surface area contributed by atoms with Gasteiger partial charge in [-0.15, -0.1) is 0 Å². The summed E-state index contributed by atoms with van der Waals surface area (Å²) in [5.74, 6) is -0.0930. The van der Waals surface area contributed by atoms with Crippen molar-refractivity contribution in [1.82, 2.24) is 0 Å². The molecule has 1 aromatic carbocycles. The van der Waals surface area contributed by atoms with E-state index in [9.17, 15) is 4.79 Å². The molecule has 1 saturated carbocycles. The predicted octanol–water partition coefficient (Wildman–Crippen LogP) is 3.70. The number of carbonyl (C=O) groups is 1. The van der Waals surface area contributed by atoms with Gasteiger partial charge in [0.2, 0.25) is 0 Å². The fraction of sp³-hybridized carbons (Fsp3) is 0.562. The van der Waals surface area contributed by atoms with E-state index in [-0.39, 0.29) is 16.8 Å². The normalized spacial score (nSPS) is 30.6. The van der Waals surface area contributed by atoms with E-state index in [0.29, 0.717) is 13.0 Å². The van der Waals surface area contributed by atoms with E-state index in [0.717, 1.165) is 12.8 Å². The van der Waals surface area contributed by atoms with Crippen LogP contribution in [0.2, 0.25) is 0 Å². The van der Waals surface area contributed by atoms with E-state index in [1.807, 2.05) is 13.0 Å². The smallest absolute Gasteiger partial charge is 0.305 e. The molecule has 1 fully saturated rings. The van der Waals surface area contributed by atoms with Crippen molar-refractivity contribution in [3.63, 3.8) is 0 Å². The molecule has 1 aliphatic carbocycles. The molecular formula is C16H22O2. The zero-order valence-electron chi connectivity index (χ0n) is 11.5. The summed E-state index contributed by atoms with van der Waals surface area (Å²) in [4.78, 5) is 11.2. The van der Waals surface area contributed by atoms with Crippen LogP contribution in [0.15, 0.2) is 30.3 Å². The maximum atomic E-state index is 11.2. The monoisotopic (exact) mass is 246 g/mol. The summed E-state index contributed by atoms with van der Waals surface area (Å²) in [7, 11) is 0. The molecule has 1 aromatic rings. The number of carbonyl (C=O) groups excluding carboxylic acids is 1. The second-order valence-corrected chi connectivity index (χ2v) is 6.11. The highest BCUT2D eigenvalue weighted by Gasteiger charge is 2.50. The quantitative estimate of drug-likeness (QED) is 0.757. The van der Waals surface area contributed by atoms with E-state index in [2.05, 4.69) is 38.1 Å². The number of esters is 1. The van der Waals surface area contributed by atoms with Gasteiger partial charge in [0.25, 0.3) is 0 Å². The second-order valence-electron chi connectivity index (χ2n) is 6.11. The van der Waals surface area contributed by atoms with E-state index in [1.165, 1.54) is 5.56 Å². The lowest BCUT2D eigenvalue weighted by molar-refractivity contribution is -0.150. The lowest BCUT2D eigenvalue weighted by atomic mass is 9.52. The number of rotatable bonds is 4. The molecule has 0 saturated heterocycles. The van der Waals surface area contributed by atoms with Crippen LogP contribution in [0.25, 0.3) is 0 Å². The summed E-state index contributed by atoms with van der Waals surface area (Å²) in [5, 5.41) is 0. The van der Waals surface area contributed by atoms with Gasteiger partial charge in [0.05, 0.1) is 6.61 Å². The fourth-order valence-electron chi connectivity index (χ4n) is 3.34. The van der Waals surface area contributed by atoms with Crippen LogP contribution in [0.5, 0.6) is 0 Å². The Morgan fingerprint density at radius 2 is 1.83 bits per heavy atom. The van der Waals surface area contributed by atoms with Gasteiger partial charge in [-0.2, -0.15) is 0 Å². The molecule has 0 radical (unpaired) electrons. The van der Waals surface area contributed by atoms with Gasteiger partial charge < -0.3 is 4.74 Å². The standard InChI is InChI=1S/C16H22O2/c1-4-14(17)18-12-15(2)10-16(3,11-15)13-8-6-5-7-9-13/h5-9H,4,10-12H2,1-3H3. The van der Waals surface area contributed by atoms with Gasteiger partial charge in [-0.05, 0) is 23.8 Å². The van der Waals surface area contributed by atoms with Crippen molar-refractivity contribution in [1.29, 1.82) is 0 Å². The van der Waals surface area contributed by atoms with Crippen molar-refractivity contribution in [2.75, 3.05) is 6.61 Å². The average molecular weight is 246 g/mol. The van der Waals surface area contributed by atoms with Gasteiger partial charge in [-0.25, -0.2) is 0 Å². The molecule has 0 N–H and O–H groups in total. The summed E-state index contributed by atoms with van der Waals surface area (Å²) in [6.45, 7) is 6.90. The molecule has 0 atom stereocenters. The van der Waals surface area contributed by atoms with Crippen LogP contribution >= 0.6 is 0 Å². The van der Waals surface area contributed by atoms with Crippen molar-refractivity contribution in [3.8, 4) is 0 Å². The Kier molecular flexibility index (Phi) is 3.47. The van der Waals surface area contributed by atoms with Crippen molar-refractivity contribution in [2.45, 2.75) is 45.4 Å². The molecule has 98 valence electrons.